The van der Waals surface area contributed by atoms with Gasteiger partial charge >= 0.3 is 11.9 Å². The van der Waals surface area contributed by atoms with Crippen molar-refractivity contribution in [2.24, 2.45) is 17.8 Å². The standard InChI is InChI=1S/C16H24O4Si/c1-5-19-15(17)13-11(21(2,3)4)8-9-6-7-10-12(9)14(13)16(18)20-10/h8,10-14H,5-7H2,1-4H3/t10-,11+,12+,13+,14-/m1/s1. The molecule has 1 saturated carbocycles. The van der Waals surface area contributed by atoms with Crippen LogP contribution in [0.15, 0.2) is 11.6 Å². The Labute approximate surface area is 126 Å². The Morgan fingerprint density at radius 1 is 1.38 bits per heavy atom. The van der Waals surface area contributed by atoms with Crippen molar-refractivity contribution in [1.29, 1.82) is 0 Å². The third-order valence-corrected chi connectivity index (χ3v) is 7.72. The van der Waals surface area contributed by atoms with Gasteiger partial charge in [-0.25, -0.2) is 0 Å². The predicted octanol–water partition coefficient (Wildman–Crippen LogP) is 2.77. The summed E-state index contributed by atoms with van der Waals surface area (Å²) in [7, 11) is -1.63. The molecule has 0 radical (unpaired) electrons. The summed E-state index contributed by atoms with van der Waals surface area (Å²) in [4.78, 5) is 24.9. The number of esters is 2. The van der Waals surface area contributed by atoms with Crippen molar-refractivity contribution in [3.63, 3.8) is 0 Å². The summed E-state index contributed by atoms with van der Waals surface area (Å²) in [6, 6.07) is 0. The monoisotopic (exact) mass is 308 g/mol. The van der Waals surface area contributed by atoms with Gasteiger partial charge in [-0.3, -0.25) is 9.59 Å². The Morgan fingerprint density at radius 3 is 2.71 bits per heavy atom. The fourth-order valence-electron chi connectivity index (χ4n) is 4.30. The van der Waals surface area contributed by atoms with Crippen molar-refractivity contribution in [3.8, 4) is 0 Å². The van der Waals surface area contributed by atoms with Gasteiger partial charge in [-0.1, -0.05) is 31.3 Å². The summed E-state index contributed by atoms with van der Waals surface area (Å²) in [6.45, 7) is 8.95. The van der Waals surface area contributed by atoms with Gasteiger partial charge in [0.05, 0.1) is 26.5 Å². The van der Waals surface area contributed by atoms with Crippen molar-refractivity contribution < 1.29 is 19.1 Å². The topological polar surface area (TPSA) is 52.6 Å². The molecular formula is C16H24O4Si. The van der Waals surface area contributed by atoms with E-state index in [9.17, 15) is 9.59 Å². The molecule has 3 aliphatic rings. The Morgan fingerprint density at radius 2 is 2.10 bits per heavy atom. The third-order valence-electron chi connectivity index (χ3n) is 5.20. The zero-order valence-electron chi connectivity index (χ0n) is 13.2. The van der Waals surface area contributed by atoms with Gasteiger partial charge in [0.15, 0.2) is 0 Å². The van der Waals surface area contributed by atoms with Crippen molar-refractivity contribution in [3.05, 3.63) is 11.6 Å². The maximum atomic E-state index is 12.5. The Balaban J connectivity index is 2.05. The smallest absolute Gasteiger partial charge is 0.310 e. The lowest BCUT2D eigenvalue weighted by Gasteiger charge is -2.40. The van der Waals surface area contributed by atoms with Crippen LogP contribution in [0.2, 0.25) is 25.2 Å². The van der Waals surface area contributed by atoms with Gasteiger partial charge in [-0.05, 0) is 25.3 Å². The van der Waals surface area contributed by atoms with Crippen LogP contribution in [0.3, 0.4) is 0 Å². The number of ether oxygens (including phenoxy) is 2. The highest BCUT2D eigenvalue weighted by molar-refractivity contribution is 6.78. The van der Waals surface area contributed by atoms with E-state index in [0.717, 1.165) is 12.8 Å². The summed E-state index contributed by atoms with van der Waals surface area (Å²) in [5, 5.41) is 0. The van der Waals surface area contributed by atoms with Gasteiger partial charge in [0.1, 0.15) is 6.10 Å². The molecule has 0 N–H and O–H groups in total. The maximum absolute atomic E-state index is 12.5. The SMILES string of the molecule is CCOC(=O)[C@@H]1[C@@H]2C(=O)O[C@@H]3CCC(=C[C@@H]1[Si](C)(C)C)[C@H]23. The van der Waals surface area contributed by atoms with E-state index < -0.39 is 8.07 Å². The van der Waals surface area contributed by atoms with Crippen molar-refractivity contribution >= 4 is 20.0 Å². The molecule has 5 atom stereocenters. The molecule has 0 bridgehead atoms. The second-order valence-electron chi connectivity index (χ2n) is 7.48. The first-order valence-electron chi connectivity index (χ1n) is 7.92. The number of hydrogen-bond donors (Lipinski definition) is 0. The lowest BCUT2D eigenvalue weighted by atomic mass is 9.73. The van der Waals surface area contributed by atoms with Crippen LogP contribution >= 0.6 is 0 Å². The number of hydrogen-bond acceptors (Lipinski definition) is 4. The van der Waals surface area contributed by atoms with E-state index in [4.69, 9.17) is 9.47 Å². The summed E-state index contributed by atoms with van der Waals surface area (Å²) in [5.74, 6) is -0.930. The van der Waals surface area contributed by atoms with E-state index in [2.05, 4.69) is 25.7 Å². The summed E-state index contributed by atoms with van der Waals surface area (Å²) in [5.41, 5.74) is 1.51. The van der Waals surface area contributed by atoms with E-state index in [1.54, 1.807) is 0 Å². The van der Waals surface area contributed by atoms with Gasteiger partial charge in [-0.15, -0.1) is 0 Å². The molecule has 0 spiro atoms. The molecule has 0 amide bonds. The summed E-state index contributed by atoms with van der Waals surface area (Å²) >= 11 is 0. The molecule has 2 fully saturated rings. The molecule has 1 aliphatic heterocycles. The second kappa shape index (κ2) is 4.97. The van der Waals surface area contributed by atoms with E-state index >= 15 is 0 Å². The largest absolute Gasteiger partial charge is 0.466 e. The van der Waals surface area contributed by atoms with E-state index in [-0.39, 0.29) is 41.3 Å². The van der Waals surface area contributed by atoms with Crippen LogP contribution in [-0.2, 0) is 19.1 Å². The molecule has 0 aromatic rings. The molecule has 0 aromatic carbocycles. The highest BCUT2D eigenvalue weighted by atomic mass is 28.3. The van der Waals surface area contributed by atoms with Crippen LogP contribution < -0.4 is 0 Å². The predicted molar refractivity (Wildman–Crippen MR) is 81.4 cm³/mol. The van der Waals surface area contributed by atoms with Gasteiger partial charge in [0.25, 0.3) is 0 Å². The number of allylic oxidation sites excluding steroid dienone is 1. The van der Waals surface area contributed by atoms with Crippen LogP contribution in [0.1, 0.15) is 19.8 Å². The maximum Gasteiger partial charge on any atom is 0.310 e. The fraction of sp³-hybridized carbons (Fsp3) is 0.750. The first-order chi connectivity index (χ1) is 9.84. The van der Waals surface area contributed by atoms with Gasteiger partial charge in [0.2, 0.25) is 0 Å². The third kappa shape index (κ3) is 2.26. The average molecular weight is 308 g/mol. The van der Waals surface area contributed by atoms with Crippen LogP contribution in [0.25, 0.3) is 0 Å². The van der Waals surface area contributed by atoms with E-state index in [1.807, 2.05) is 6.92 Å². The minimum atomic E-state index is -1.63. The minimum Gasteiger partial charge on any atom is -0.466 e. The van der Waals surface area contributed by atoms with Crippen molar-refractivity contribution in [2.75, 3.05) is 6.61 Å². The average Bonchev–Trinajstić information content (AvgIpc) is 2.93. The van der Waals surface area contributed by atoms with Crippen LogP contribution in [0, 0.1) is 17.8 Å². The molecule has 4 nitrogen and oxygen atoms in total. The fourth-order valence-corrected chi connectivity index (χ4v) is 6.44. The first-order valence-corrected chi connectivity index (χ1v) is 11.5. The molecule has 0 aromatic heterocycles. The second-order valence-corrected chi connectivity index (χ2v) is 12.9. The molecule has 5 heteroatoms. The van der Waals surface area contributed by atoms with Crippen LogP contribution in [0.4, 0.5) is 0 Å². The summed E-state index contributed by atoms with van der Waals surface area (Å²) in [6.07, 6.45) is 4.22. The van der Waals surface area contributed by atoms with Gasteiger partial charge in [0, 0.05) is 5.92 Å². The molecule has 1 heterocycles. The molecule has 21 heavy (non-hydrogen) atoms. The number of carbonyl (C=O) groups excluding carboxylic acids is 2. The van der Waals surface area contributed by atoms with E-state index in [1.165, 1.54) is 5.57 Å². The minimum absolute atomic E-state index is 0.00624. The molecule has 116 valence electrons. The van der Waals surface area contributed by atoms with Crippen molar-refractivity contribution in [2.45, 2.75) is 51.1 Å². The van der Waals surface area contributed by atoms with Crippen LogP contribution in [-0.4, -0.2) is 32.7 Å². The summed E-state index contributed by atoms with van der Waals surface area (Å²) < 4.78 is 10.8. The highest BCUT2D eigenvalue weighted by Gasteiger charge is 2.60. The Kier molecular flexibility index (Phi) is 3.51. The van der Waals surface area contributed by atoms with E-state index in [0.29, 0.717) is 6.61 Å². The normalized spacial score (nSPS) is 37.8. The molecule has 1 saturated heterocycles. The molecule has 0 unspecified atom stereocenters. The molecule has 2 aliphatic carbocycles. The van der Waals surface area contributed by atoms with Gasteiger partial charge in [-0.2, -0.15) is 0 Å². The number of carbonyl (C=O) groups is 2. The zero-order valence-corrected chi connectivity index (χ0v) is 14.2. The number of rotatable bonds is 3. The van der Waals surface area contributed by atoms with Crippen molar-refractivity contribution in [1.82, 2.24) is 0 Å². The molecular weight excluding hydrogens is 284 g/mol. The lowest BCUT2D eigenvalue weighted by Crippen LogP contribution is -2.46. The zero-order chi connectivity index (χ0) is 15.4. The first kappa shape index (κ1) is 14.8. The van der Waals surface area contributed by atoms with Gasteiger partial charge < -0.3 is 9.47 Å². The molecule has 3 rings (SSSR count). The van der Waals surface area contributed by atoms with Crippen LogP contribution in [0.5, 0.6) is 0 Å². The highest BCUT2D eigenvalue weighted by Crippen LogP contribution is 2.55. The quantitative estimate of drug-likeness (QED) is 0.457. The lowest BCUT2D eigenvalue weighted by molar-refractivity contribution is -0.156. The Bertz CT molecular complexity index is 505. The Hall–Kier alpha value is -1.10.